The number of carbonyl (C=O) groups excluding carboxylic acids is 3. The molecule has 0 aliphatic carbocycles. The number of nitrogens with zero attached hydrogens (tertiary/aromatic N) is 5. The van der Waals surface area contributed by atoms with Crippen LogP contribution >= 0.6 is 0 Å². The highest BCUT2D eigenvalue weighted by atomic mass is 19.1. The number of methoxy groups -OCH3 is 1. The van der Waals surface area contributed by atoms with Gasteiger partial charge in [0, 0.05) is 39.3 Å². The third-order valence-electron chi connectivity index (χ3n) is 7.22. The van der Waals surface area contributed by atoms with Crippen LogP contribution in [0.15, 0.2) is 24.3 Å². The Morgan fingerprint density at radius 3 is 2.57 bits per heavy atom. The van der Waals surface area contributed by atoms with Crippen LogP contribution in [0.4, 0.5) is 15.1 Å². The quantitative estimate of drug-likeness (QED) is 0.157. The number of hydrogen-bond donors (Lipinski definition) is 2. The first-order valence-electron chi connectivity index (χ1n) is 15.6. The third-order valence-corrected chi connectivity index (χ3v) is 7.22. The van der Waals surface area contributed by atoms with E-state index in [9.17, 15) is 18.8 Å². The average molecular weight is 658 g/mol. The number of alkyl carbamates (subject to hydrolysis) is 1. The van der Waals surface area contributed by atoms with Crippen LogP contribution in [0.2, 0.25) is 0 Å². The van der Waals surface area contributed by atoms with E-state index >= 15 is 0 Å². The molecule has 2 aromatic heterocycles. The smallest absolute Gasteiger partial charge is 0.407 e. The molecule has 15 heteroatoms. The van der Waals surface area contributed by atoms with Gasteiger partial charge in [-0.1, -0.05) is 12.2 Å². The summed E-state index contributed by atoms with van der Waals surface area (Å²) in [5.41, 5.74) is 0.311. The molecule has 1 aliphatic heterocycles. The van der Waals surface area contributed by atoms with Crippen LogP contribution in [-0.2, 0) is 27.3 Å². The molecular formula is C32H44FN7O7. The van der Waals surface area contributed by atoms with E-state index in [0.29, 0.717) is 36.6 Å². The van der Waals surface area contributed by atoms with Gasteiger partial charge in [-0.3, -0.25) is 19.7 Å². The SMILES string of the molecule is CCn1nc(C)c(F)c1C(=O)Nc1nc2cc(C(=O)OC)cc(OCCCN3CCOCC3)c2n1C/C=C/CNC(=O)OC(C)(C)C. The number of aromatic nitrogens is 4. The molecular weight excluding hydrogens is 613 g/mol. The van der Waals surface area contributed by atoms with Gasteiger partial charge in [-0.25, -0.2) is 19.0 Å². The summed E-state index contributed by atoms with van der Waals surface area (Å²) in [5.74, 6) is -1.59. The predicted octanol–water partition coefficient (Wildman–Crippen LogP) is 3.92. The fourth-order valence-electron chi connectivity index (χ4n) is 5.03. The first-order valence-corrected chi connectivity index (χ1v) is 15.6. The zero-order valence-corrected chi connectivity index (χ0v) is 27.9. The van der Waals surface area contributed by atoms with Crippen molar-refractivity contribution in [3.05, 3.63) is 47.1 Å². The normalized spacial score (nSPS) is 14.0. The number of benzene rings is 1. The lowest BCUT2D eigenvalue weighted by Crippen LogP contribution is -2.37. The second kappa shape index (κ2) is 15.9. The minimum atomic E-state index is -0.738. The Morgan fingerprint density at radius 1 is 1.15 bits per heavy atom. The summed E-state index contributed by atoms with van der Waals surface area (Å²) in [7, 11) is 1.28. The van der Waals surface area contributed by atoms with Crippen molar-refractivity contribution in [2.45, 2.75) is 59.7 Å². The van der Waals surface area contributed by atoms with Gasteiger partial charge in [0.15, 0.2) is 11.5 Å². The fraction of sp³-hybridized carbons (Fsp3) is 0.531. The van der Waals surface area contributed by atoms with Gasteiger partial charge in [-0.15, -0.1) is 0 Å². The van der Waals surface area contributed by atoms with Gasteiger partial charge < -0.3 is 28.8 Å². The van der Waals surface area contributed by atoms with Crippen LogP contribution < -0.4 is 15.4 Å². The van der Waals surface area contributed by atoms with E-state index in [4.69, 9.17) is 18.9 Å². The molecule has 0 bridgehead atoms. The number of anilines is 1. The van der Waals surface area contributed by atoms with E-state index in [1.54, 1.807) is 56.5 Å². The highest BCUT2D eigenvalue weighted by Gasteiger charge is 2.25. The largest absolute Gasteiger partial charge is 0.491 e. The molecule has 2 N–H and O–H groups in total. The van der Waals surface area contributed by atoms with Crippen LogP contribution in [0.1, 0.15) is 60.7 Å². The molecule has 256 valence electrons. The van der Waals surface area contributed by atoms with E-state index in [1.807, 2.05) is 0 Å². The molecule has 14 nitrogen and oxygen atoms in total. The average Bonchev–Trinajstić information content (AvgIpc) is 3.53. The van der Waals surface area contributed by atoms with Crippen molar-refractivity contribution >= 4 is 35.0 Å². The van der Waals surface area contributed by atoms with Crippen LogP contribution in [0.5, 0.6) is 5.75 Å². The van der Waals surface area contributed by atoms with Gasteiger partial charge in [-0.05, 0) is 53.2 Å². The number of allylic oxidation sites excluding steroid dienone is 1. The van der Waals surface area contributed by atoms with Gasteiger partial charge >= 0.3 is 12.1 Å². The van der Waals surface area contributed by atoms with E-state index in [1.165, 1.54) is 18.7 Å². The second-order valence-electron chi connectivity index (χ2n) is 11.9. The topological polar surface area (TPSA) is 151 Å². The van der Waals surface area contributed by atoms with E-state index in [0.717, 1.165) is 26.1 Å². The van der Waals surface area contributed by atoms with Crippen molar-refractivity contribution in [2.75, 3.05) is 58.4 Å². The summed E-state index contributed by atoms with van der Waals surface area (Å²) < 4.78 is 39.8. The van der Waals surface area contributed by atoms with Crippen molar-refractivity contribution in [1.82, 2.24) is 29.5 Å². The number of rotatable bonds is 13. The number of morpholine rings is 1. The molecule has 1 aliphatic rings. The molecule has 0 unspecified atom stereocenters. The summed E-state index contributed by atoms with van der Waals surface area (Å²) in [5, 5.41) is 9.50. The number of carbonyl (C=O) groups is 3. The number of amides is 2. The minimum Gasteiger partial charge on any atom is -0.491 e. The van der Waals surface area contributed by atoms with E-state index in [-0.39, 0.29) is 42.5 Å². The molecule has 1 saturated heterocycles. The van der Waals surface area contributed by atoms with Crippen molar-refractivity contribution < 1.29 is 37.7 Å². The number of fused-ring (bicyclic) bond motifs is 1. The Balaban J connectivity index is 1.66. The maximum Gasteiger partial charge on any atom is 0.407 e. The van der Waals surface area contributed by atoms with Gasteiger partial charge in [0.2, 0.25) is 5.95 Å². The van der Waals surface area contributed by atoms with Gasteiger partial charge in [0.25, 0.3) is 5.91 Å². The van der Waals surface area contributed by atoms with Crippen molar-refractivity contribution in [3.63, 3.8) is 0 Å². The van der Waals surface area contributed by atoms with E-state index < -0.39 is 29.4 Å². The number of hydrogen-bond acceptors (Lipinski definition) is 10. The van der Waals surface area contributed by atoms with Crippen LogP contribution in [0.25, 0.3) is 11.0 Å². The van der Waals surface area contributed by atoms with Crippen molar-refractivity contribution in [3.8, 4) is 5.75 Å². The lowest BCUT2D eigenvalue weighted by atomic mass is 10.2. The highest BCUT2D eigenvalue weighted by Crippen LogP contribution is 2.32. The Morgan fingerprint density at radius 2 is 1.89 bits per heavy atom. The first-order chi connectivity index (χ1) is 22.4. The number of ether oxygens (including phenoxy) is 4. The molecule has 3 aromatic rings. The molecule has 3 heterocycles. The summed E-state index contributed by atoms with van der Waals surface area (Å²) in [6, 6.07) is 3.12. The molecule has 0 atom stereocenters. The Labute approximate surface area is 273 Å². The van der Waals surface area contributed by atoms with Crippen molar-refractivity contribution in [2.24, 2.45) is 0 Å². The van der Waals surface area contributed by atoms with Crippen LogP contribution in [-0.4, -0.2) is 101 Å². The highest BCUT2D eigenvalue weighted by molar-refractivity contribution is 6.04. The maximum atomic E-state index is 15.0. The zero-order chi connectivity index (χ0) is 34.1. The lowest BCUT2D eigenvalue weighted by Gasteiger charge is -2.26. The molecule has 0 saturated carbocycles. The van der Waals surface area contributed by atoms with Crippen LogP contribution in [0, 0.1) is 12.7 Å². The number of imidazole rings is 1. The molecule has 0 spiro atoms. The molecule has 47 heavy (non-hydrogen) atoms. The maximum absolute atomic E-state index is 15.0. The van der Waals surface area contributed by atoms with E-state index in [2.05, 4.69) is 25.6 Å². The summed E-state index contributed by atoms with van der Waals surface area (Å²) in [6.07, 6.45) is 3.65. The fourth-order valence-corrected chi connectivity index (χ4v) is 5.03. The molecule has 4 rings (SSSR count). The Kier molecular flexibility index (Phi) is 11.9. The Bertz CT molecular complexity index is 1600. The predicted molar refractivity (Wildman–Crippen MR) is 172 cm³/mol. The second-order valence-corrected chi connectivity index (χ2v) is 11.9. The number of halogens is 1. The van der Waals surface area contributed by atoms with Gasteiger partial charge in [0.05, 0.1) is 43.7 Å². The molecule has 1 fully saturated rings. The summed E-state index contributed by atoms with van der Waals surface area (Å²) in [4.78, 5) is 45.0. The standard InChI is InChI=1S/C32H44FN7O7/c1-7-40-27(25(33)21(2)37-40)28(41)36-30-35-23-19-22(29(42)44-6)20-24(46-16-10-12-38-14-17-45-18-15-38)26(23)39(30)13-9-8-11-34-31(43)47-32(3,4)5/h8-9,19-20H,7,10-18H2,1-6H3,(H,34,43)(H,35,36,41)/b9-8+. The molecule has 0 radical (unpaired) electrons. The number of esters is 1. The number of aryl methyl sites for hydroxylation is 2. The number of nitrogens with one attached hydrogen (secondary N) is 2. The monoisotopic (exact) mass is 657 g/mol. The molecule has 2 amide bonds. The third kappa shape index (κ3) is 9.29. The lowest BCUT2D eigenvalue weighted by molar-refractivity contribution is 0.0358. The first kappa shape index (κ1) is 35.4. The minimum absolute atomic E-state index is 0.0934. The molecule has 1 aromatic carbocycles. The Hall–Kier alpha value is -4.50. The summed E-state index contributed by atoms with van der Waals surface area (Å²) in [6.45, 7) is 13.5. The summed E-state index contributed by atoms with van der Waals surface area (Å²) >= 11 is 0. The zero-order valence-electron chi connectivity index (χ0n) is 27.9. The van der Waals surface area contributed by atoms with Gasteiger partial charge in [0.1, 0.15) is 16.9 Å². The van der Waals surface area contributed by atoms with Crippen molar-refractivity contribution in [1.29, 1.82) is 0 Å². The van der Waals surface area contributed by atoms with Crippen LogP contribution in [0.3, 0.4) is 0 Å². The van der Waals surface area contributed by atoms with Gasteiger partial charge in [-0.2, -0.15) is 5.10 Å².